The SMILES string of the molecule is COc1cc(C(=O)O)ccc1S(=O)(=O)NCCc1nc(C)no1. The summed E-state index contributed by atoms with van der Waals surface area (Å²) in [4.78, 5) is 14.7. The maximum atomic E-state index is 12.3. The third kappa shape index (κ3) is 4.05. The minimum Gasteiger partial charge on any atom is -0.495 e. The Bertz CT molecular complexity index is 815. The first-order valence-electron chi connectivity index (χ1n) is 6.53. The third-order valence-corrected chi connectivity index (χ3v) is 4.40. The molecule has 0 saturated carbocycles. The smallest absolute Gasteiger partial charge is 0.335 e. The van der Waals surface area contributed by atoms with Crippen LogP contribution in [0.5, 0.6) is 5.75 Å². The molecule has 0 aliphatic carbocycles. The van der Waals surface area contributed by atoms with Gasteiger partial charge < -0.3 is 14.4 Å². The lowest BCUT2D eigenvalue weighted by Crippen LogP contribution is -2.26. The van der Waals surface area contributed by atoms with Crippen LogP contribution >= 0.6 is 0 Å². The molecule has 2 N–H and O–H groups in total. The zero-order valence-corrected chi connectivity index (χ0v) is 13.3. The molecule has 0 saturated heterocycles. The molecule has 2 rings (SSSR count). The number of carbonyl (C=O) groups is 1. The van der Waals surface area contributed by atoms with Crippen LogP contribution in [0.4, 0.5) is 0 Å². The van der Waals surface area contributed by atoms with Crippen molar-refractivity contribution in [3.63, 3.8) is 0 Å². The van der Waals surface area contributed by atoms with Crippen LogP contribution in [0, 0.1) is 6.92 Å². The lowest BCUT2D eigenvalue weighted by Gasteiger charge is -2.10. The number of benzene rings is 1. The largest absolute Gasteiger partial charge is 0.495 e. The summed E-state index contributed by atoms with van der Waals surface area (Å²) in [6.45, 7) is 1.71. The highest BCUT2D eigenvalue weighted by atomic mass is 32.2. The molecule has 0 atom stereocenters. The van der Waals surface area contributed by atoms with Gasteiger partial charge in [0.25, 0.3) is 0 Å². The first-order valence-corrected chi connectivity index (χ1v) is 8.02. The summed E-state index contributed by atoms with van der Waals surface area (Å²) < 4.78 is 36.8. The van der Waals surface area contributed by atoms with Gasteiger partial charge in [-0.15, -0.1) is 0 Å². The van der Waals surface area contributed by atoms with Crippen LogP contribution < -0.4 is 9.46 Å². The van der Waals surface area contributed by atoms with E-state index in [0.717, 1.165) is 6.07 Å². The number of carboxylic acid groups (broad SMARTS) is 1. The van der Waals surface area contributed by atoms with Gasteiger partial charge >= 0.3 is 5.97 Å². The van der Waals surface area contributed by atoms with Crippen molar-refractivity contribution >= 4 is 16.0 Å². The summed E-state index contributed by atoms with van der Waals surface area (Å²) in [5, 5.41) is 12.5. The molecule has 9 nitrogen and oxygen atoms in total. The number of carboxylic acids is 1. The highest BCUT2D eigenvalue weighted by molar-refractivity contribution is 7.89. The summed E-state index contributed by atoms with van der Waals surface area (Å²) in [7, 11) is -2.60. The Balaban J connectivity index is 2.13. The Hall–Kier alpha value is -2.46. The zero-order valence-electron chi connectivity index (χ0n) is 12.4. The predicted octanol–water partition coefficient (Wildman–Crippen LogP) is 0.606. The molecule has 0 amide bonds. The van der Waals surface area contributed by atoms with Crippen molar-refractivity contribution < 1.29 is 27.6 Å². The van der Waals surface area contributed by atoms with Gasteiger partial charge in [-0.3, -0.25) is 0 Å². The molecule has 0 radical (unpaired) electrons. The average molecular weight is 341 g/mol. The van der Waals surface area contributed by atoms with Crippen LogP contribution in [-0.2, 0) is 16.4 Å². The van der Waals surface area contributed by atoms with Crippen molar-refractivity contribution in [2.75, 3.05) is 13.7 Å². The van der Waals surface area contributed by atoms with Crippen molar-refractivity contribution in [3.8, 4) is 5.75 Å². The molecule has 0 bridgehead atoms. The molecule has 1 heterocycles. The number of methoxy groups -OCH3 is 1. The van der Waals surface area contributed by atoms with Crippen LogP contribution in [0.25, 0.3) is 0 Å². The van der Waals surface area contributed by atoms with Gasteiger partial charge in [0.15, 0.2) is 5.82 Å². The van der Waals surface area contributed by atoms with Crippen molar-refractivity contribution in [1.82, 2.24) is 14.9 Å². The molecule has 0 unspecified atom stereocenters. The second-order valence-electron chi connectivity index (χ2n) is 4.55. The summed E-state index contributed by atoms with van der Waals surface area (Å²) in [6.07, 6.45) is 0.232. The third-order valence-electron chi connectivity index (χ3n) is 2.90. The Kier molecular flexibility index (Phi) is 4.96. The van der Waals surface area contributed by atoms with Gasteiger partial charge in [0.2, 0.25) is 15.9 Å². The standard InChI is InChI=1S/C13H15N3O6S/c1-8-15-12(22-16-8)5-6-14-23(19,20)11-4-3-9(13(17)18)7-10(11)21-2/h3-4,7,14H,5-6H2,1-2H3,(H,17,18). The van der Waals surface area contributed by atoms with Gasteiger partial charge in [-0.2, -0.15) is 4.98 Å². The van der Waals surface area contributed by atoms with E-state index < -0.39 is 16.0 Å². The molecule has 0 aliphatic heterocycles. The van der Waals surface area contributed by atoms with Crippen LogP contribution in [0.15, 0.2) is 27.6 Å². The molecule has 0 spiro atoms. The van der Waals surface area contributed by atoms with Crippen LogP contribution in [0.2, 0.25) is 0 Å². The van der Waals surface area contributed by atoms with Crippen LogP contribution in [0.3, 0.4) is 0 Å². The van der Waals surface area contributed by atoms with Gasteiger partial charge in [-0.25, -0.2) is 17.9 Å². The Morgan fingerprint density at radius 1 is 1.43 bits per heavy atom. The number of sulfonamides is 1. The van der Waals surface area contributed by atoms with Gasteiger partial charge in [-0.05, 0) is 25.1 Å². The first-order chi connectivity index (χ1) is 10.8. The number of nitrogens with one attached hydrogen (secondary N) is 1. The van der Waals surface area contributed by atoms with Crippen molar-refractivity contribution in [2.45, 2.75) is 18.2 Å². The number of ether oxygens (including phenoxy) is 1. The van der Waals surface area contributed by atoms with E-state index in [1.807, 2.05) is 0 Å². The second-order valence-corrected chi connectivity index (χ2v) is 6.29. The Labute approximate surface area is 132 Å². The maximum absolute atomic E-state index is 12.3. The van der Waals surface area contributed by atoms with E-state index in [-0.39, 0.29) is 29.2 Å². The lowest BCUT2D eigenvalue weighted by molar-refractivity contribution is 0.0696. The highest BCUT2D eigenvalue weighted by Gasteiger charge is 2.21. The maximum Gasteiger partial charge on any atom is 0.335 e. The van der Waals surface area contributed by atoms with E-state index >= 15 is 0 Å². The Morgan fingerprint density at radius 3 is 2.74 bits per heavy atom. The number of hydrogen-bond acceptors (Lipinski definition) is 7. The molecule has 1 aromatic carbocycles. The quantitative estimate of drug-likeness (QED) is 0.748. The van der Waals surface area contributed by atoms with Gasteiger partial charge in [0, 0.05) is 13.0 Å². The fourth-order valence-corrected chi connectivity index (χ4v) is 3.01. The topological polar surface area (TPSA) is 132 Å². The number of nitrogens with zero attached hydrogens (tertiary/aromatic N) is 2. The normalized spacial score (nSPS) is 11.4. The van der Waals surface area contributed by atoms with Crippen molar-refractivity contribution in [3.05, 3.63) is 35.5 Å². The zero-order chi connectivity index (χ0) is 17.0. The van der Waals surface area contributed by atoms with E-state index in [1.54, 1.807) is 6.92 Å². The number of rotatable bonds is 7. The minimum atomic E-state index is -3.87. The van der Waals surface area contributed by atoms with Crippen molar-refractivity contribution in [1.29, 1.82) is 0 Å². The number of hydrogen-bond donors (Lipinski definition) is 2. The molecule has 1 aromatic heterocycles. The van der Waals surface area contributed by atoms with E-state index in [1.165, 1.54) is 19.2 Å². The van der Waals surface area contributed by atoms with Gasteiger partial charge in [-0.1, -0.05) is 5.16 Å². The lowest BCUT2D eigenvalue weighted by atomic mass is 10.2. The van der Waals surface area contributed by atoms with E-state index in [4.69, 9.17) is 14.4 Å². The van der Waals surface area contributed by atoms with Gasteiger partial charge in [0.05, 0.1) is 12.7 Å². The summed E-state index contributed by atoms with van der Waals surface area (Å²) in [5.74, 6) is -0.440. The first kappa shape index (κ1) is 16.9. The minimum absolute atomic E-state index is 0.0494. The summed E-state index contributed by atoms with van der Waals surface area (Å²) >= 11 is 0. The molecular weight excluding hydrogens is 326 g/mol. The average Bonchev–Trinajstić information content (AvgIpc) is 2.91. The fourth-order valence-electron chi connectivity index (χ4n) is 1.83. The van der Waals surface area contributed by atoms with Crippen molar-refractivity contribution in [2.24, 2.45) is 0 Å². The van der Waals surface area contributed by atoms with Crippen LogP contribution in [0.1, 0.15) is 22.1 Å². The molecule has 124 valence electrons. The molecule has 2 aromatic rings. The van der Waals surface area contributed by atoms with E-state index in [9.17, 15) is 13.2 Å². The van der Waals surface area contributed by atoms with E-state index in [2.05, 4.69) is 14.9 Å². The molecule has 10 heteroatoms. The molecule has 0 aliphatic rings. The number of aromatic nitrogens is 2. The highest BCUT2D eigenvalue weighted by Crippen LogP contribution is 2.24. The number of aryl methyl sites for hydroxylation is 1. The van der Waals surface area contributed by atoms with Crippen LogP contribution in [-0.4, -0.2) is 43.3 Å². The summed E-state index contributed by atoms with van der Waals surface area (Å²) in [5.41, 5.74) is -0.0675. The molecule has 23 heavy (non-hydrogen) atoms. The van der Waals surface area contributed by atoms with Gasteiger partial charge in [0.1, 0.15) is 10.6 Å². The predicted molar refractivity (Wildman–Crippen MR) is 77.9 cm³/mol. The fraction of sp³-hybridized carbons (Fsp3) is 0.308. The Morgan fingerprint density at radius 2 is 2.17 bits per heavy atom. The summed E-state index contributed by atoms with van der Waals surface area (Å²) in [6, 6.07) is 3.53. The second kappa shape index (κ2) is 6.75. The molecule has 0 fully saturated rings. The van der Waals surface area contributed by atoms with E-state index in [0.29, 0.717) is 11.7 Å². The monoisotopic (exact) mass is 341 g/mol. The number of aromatic carboxylic acids is 1. The molecular formula is C13H15N3O6S.